The molecule has 0 bridgehead atoms. The van der Waals surface area contributed by atoms with Crippen LogP contribution < -0.4 is 10.6 Å². The second-order valence-corrected chi connectivity index (χ2v) is 7.71. The maximum absolute atomic E-state index is 12.8. The van der Waals surface area contributed by atoms with Gasteiger partial charge in [0.05, 0.1) is 0 Å². The highest BCUT2D eigenvalue weighted by Gasteiger charge is 2.14. The number of fused-ring (bicyclic) bond motifs is 1. The van der Waals surface area contributed by atoms with Crippen LogP contribution in [0.2, 0.25) is 0 Å². The Morgan fingerprint density at radius 3 is 2.52 bits per heavy atom. The molecule has 3 aromatic rings. The van der Waals surface area contributed by atoms with Crippen molar-refractivity contribution in [3.63, 3.8) is 0 Å². The summed E-state index contributed by atoms with van der Waals surface area (Å²) in [6.45, 7) is 4.33. The fourth-order valence-electron chi connectivity index (χ4n) is 3.05. The lowest BCUT2D eigenvalue weighted by Gasteiger charge is -2.17. The summed E-state index contributed by atoms with van der Waals surface area (Å²) in [6.07, 6.45) is 1.03. The van der Waals surface area contributed by atoms with Crippen molar-refractivity contribution >= 4 is 55.6 Å². The monoisotopic (exact) mass is 440 g/mol. The van der Waals surface area contributed by atoms with E-state index in [1.165, 1.54) is 5.56 Å². The number of anilines is 1. The zero-order valence-corrected chi connectivity index (χ0v) is 17.7. The second-order valence-electron chi connectivity index (χ2n) is 6.45. The van der Waals surface area contributed by atoms with Crippen molar-refractivity contribution in [2.75, 3.05) is 5.32 Å². The highest BCUT2D eigenvalue weighted by molar-refractivity contribution is 9.10. The number of carbonyl (C=O) groups is 1. The average molecular weight is 441 g/mol. The molecular formula is C22H21BrN2OS. The normalized spacial score (nSPS) is 11.8. The smallest absolute Gasteiger partial charge is 0.258 e. The molecule has 2 N–H and O–H groups in total. The number of para-hydroxylation sites is 1. The number of rotatable bonds is 4. The van der Waals surface area contributed by atoms with E-state index in [4.69, 9.17) is 12.2 Å². The molecule has 0 aliphatic rings. The molecule has 0 heterocycles. The molecule has 0 saturated heterocycles. The Hall–Kier alpha value is -2.24. The SMILES string of the molecule is CC[C@H](C)c1ccccc1NC(=S)NC(=O)c1cccc2c(Br)cccc12. The summed E-state index contributed by atoms with van der Waals surface area (Å²) in [6, 6.07) is 19.5. The fourth-order valence-corrected chi connectivity index (χ4v) is 3.76. The molecule has 0 spiro atoms. The molecule has 138 valence electrons. The van der Waals surface area contributed by atoms with Gasteiger partial charge in [-0.3, -0.25) is 10.1 Å². The Kier molecular flexibility index (Phi) is 6.24. The number of thiocarbonyl (C=S) groups is 1. The fraction of sp³-hybridized carbons (Fsp3) is 0.182. The molecule has 0 aliphatic carbocycles. The van der Waals surface area contributed by atoms with Crippen LogP contribution in [0, 0.1) is 0 Å². The molecule has 3 rings (SSSR count). The van der Waals surface area contributed by atoms with E-state index < -0.39 is 0 Å². The standard InChI is InChI=1S/C22H21BrN2OS/c1-3-14(2)15-8-4-5-13-20(15)24-22(27)25-21(26)18-11-6-10-17-16(18)9-7-12-19(17)23/h4-14H,3H2,1-2H3,(H2,24,25,26,27)/t14-/m0/s1. The Bertz CT molecular complexity index is 1000. The first-order valence-corrected chi connectivity index (χ1v) is 10.1. The van der Waals surface area contributed by atoms with Crippen molar-refractivity contribution in [3.8, 4) is 0 Å². The van der Waals surface area contributed by atoms with Gasteiger partial charge in [-0.15, -0.1) is 0 Å². The molecule has 3 nitrogen and oxygen atoms in total. The summed E-state index contributed by atoms with van der Waals surface area (Å²) in [5.74, 6) is 0.180. The number of hydrogen-bond acceptors (Lipinski definition) is 2. The number of nitrogens with one attached hydrogen (secondary N) is 2. The quantitative estimate of drug-likeness (QED) is 0.471. The van der Waals surface area contributed by atoms with Crippen molar-refractivity contribution in [3.05, 3.63) is 76.3 Å². The van der Waals surface area contributed by atoms with Crippen molar-refractivity contribution < 1.29 is 4.79 Å². The van der Waals surface area contributed by atoms with Crippen LogP contribution in [0.15, 0.2) is 65.1 Å². The third-order valence-corrected chi connectivity index (χ3v) is 5.59. The lowest BCUT2D eigenvalue weighted by atomic mass is 9.97. The number of benzene rings is 3. The predicted octanol–water partition coefficient (Wildman–Crippen LogP) is 6.24. The van der Waals surface area contributed by atoms with E-state index in [1.54, 1.807) is 6.07 Å². The van der Waals surface area contributed by atoms with Crippen molar-refractivity contribution in [1.29, 1.82) is 0 Å². The molecule has 0 radical (unpaired) electrons. The van der Waals surface area contributed by atoms with Crippen molar-refractivity contribution in [2.24, 2.45) is 0 Å². The van der Waals surface area contributed by atoms with E-state index in [0.717, 1.165) is 27.4 Å². The molecular weight excluding hydrogens is 420 g/mol. The van der Waals surface area contributed by atoms with E-state index in [0.29, 0.717) is 16.6 Å². The van der Waals surface area contributed by atoms with Gasteiger partial charge in [0.15, 0.2) is 5.11 Å². The Balaban J connectivity index is 1.80. The number of hydrogen-bond donors (Lipinski definition) is 2. The van der Waals surface area contributed by atoms with Crippen molar-refractivity contribution in [2.45, 2.75) is 26.2 Å². The highest BCUT2D eigenvalue weighted by atomic mass is 79.9. The van der Waals surface area contributed by atoms with Crippen LogP contribution in [0.25, 0.3) is 10.8 Å². The van der Waals surface area contributed by atoms with Crippen LogP contribution in [-0.4, -0.2) is 11.0 Å². The van der Waals surface area contributed by atoms with Gasteiger partial charge in [0.1, 0.15) is 0 Å². The minimum Gasteiger partial charge on any atom is -0.332 e. The molecule has 1 atom stereocenters. The minimum absolute atomic E-state index is 0.225. The maximum Gasteiger partial charge on any atom is 0.258 e. The molecule has 5 heteroatoms. The third-order valence-electron chi connectivity index (χ3n) is 4.69. The first-order chi connectivity index (χ1) is 13.0. The summed E-state index contributed by atoms with van der Waals surface area (Å²) in [5, 5.41) is 8.15. The minimum atomic E-state index is -0.225. The van der Waals surface area contributed by atoms with Crippen LogP contribution in [0.1, 0.15) is 42.1 Å². The average Bonchev–Trinajstić information content (AvgIpc) is 2.67. The van der Waals surface area contributed by atoms with Gasteiger partial charge in [0.25, 0.3) is 5.91 Å². The molecule has 27 heavy (non-hydrogen) atoms. The Labute approximate surface area is 173 Å². The molecule has 0 aromatic heterocycles. The zero-order valence-electron chi connectivity index (χ0n) is 15.3. The second kappa shape index (κ2) is 8.63. The molecule has 0 unspecified atom stereocenters. The van der Waals surface area contributed by atoms with E-state index in [9.17, 15) is 4.79 Å². The number of amides is 1. The van der Waals surface area contributed by atoms with Crippen LogP contribution in [-0.2, 0) is 0 Å². The number of carbonyl (C=O) groups excluding carboxylic acids is 1. The van der Waals surface area contributed by atoms with Gasteiger partial charge in [0.2, 0.25) is 0 Å². The molecule has 0 aliphatic heterocycles. The van der Waals surface area contributed by atoms with E-state index in [-0.39, 0.29) is 5.91 Å². The molecule has 3 aromatic carbocycles. The first-order valence-electron chi connectivity index (χ1n) is 8.89. The van der Waals surface area contributed by atoms with Crippen LogP contribution >= 0.6 is 28.1 Å². The van der Waals surface area contributed by atoms with Crippen LogP contribution in [0.5, 0.6) is 0 Å². The van der Waals surface area contributed by atoms with E-state index in [1.807, 2.05) is 48.5 Å². The highest BCUT2D eigenvalue weighted by Crippen LogP contribution is 2.27. The van der Waals surface area contributed by atoms with Gasteiger partial charge >= 0.3 is 0 Å². The van der Waals surface area contributed by atoms with Gasteiger partial charge in [-0.2, -0.15) is 0 Å². The largest absolute Gasteiger partial charge is 0.332 e. The van der Waals surface area contributed by atoms with Gasteiger partial charge in [-0.05, 0) is 59.1 Å². The summed E-state index contributed by atoms with van der Waals surface area (Å²) >= 11 is 8.92. The lowest BCUT2D eigenvalue weighted by molar-refractivity contribution is 0.0979. The lowest BCUT2D eigenvalue weighted by Crippen LogP contribution is -2.34. The summed E-state index contributed by atoms with van der Waals surface area (Å²) in [7, 11) is 0. The molecule has 0 fully saturated rings. The van der Waals surface area contributed by atoms with Gasteiger partial charge in [-0.1, -0.05) is 72.2 Å². The Morgan fingerprint density at radius 1 is 1.04 bits per heavy atom. The third kappa shape index (κ3) is 4.37. The predicted molar refractivity (Wildman–Crippen MR) is 120 cm³/mol. The van der Waals surface area contributed by atoms with Gasteiger partial charge in [0, 0.05) is 15.7 Å². The van der Waals surface area contributed by atoms with Gasteiger partial charge in [-0.25, -0.2) is 0 Å². The molecule has 1 amide bonds. The first kappa shape index (κ1) is 19.5. The molecule has 0 saturated carbocycles. The van der Waals surface area contributed by atoms with E-state index in [2.05, 4.69) is 46.5 Å². The zero-order chi connectivity index (χ0) is 19.4. The van der Waals surface area contributed by atoms with Gasteiger partial charge < -0.3 is 5.32 Å². The van der Waals surface area contributed by atoms with E-state index >= 15 is 0 Å². The summed E-state index contributed by atoms with van der Waals surface area (Å²) in [5.41, 5.74) is 2.71. The van der Waals surface area contributed by atoms with Crippen molar-refractivity contribution in [1.82, 2.24) is 5.32 Å². The Morgan fingerprint density at radius 2 is 1.74 bits per heavy atom. The number of halogens is 1. The topological polar surface area (TPSA) is 41.1 Å². The summed E-state index contributed by atoms with van der Waals surface area (Å²) in [4.78, 5) is 12.8. The van der Waals surface area contributed by atoms with Crippen LogP contribution in [0.3, 0.4) is 0 Å². The van der Waals surface area contributed by atoms with Crippen LogP contribution in [0.4, 0.5) is 5.69 Å². The maximum atomic E-state index is 12.8. The summed E-state index contributed by atoms with van der Waals surface area (Å²) < 4.78 is 0.956.